The van der Waals surface area contributed by atoms with Gasteiger partial charge in [0.05, 0.1) is 0 Å². The van der Waals surface area contributed by atoms with Gasteiger partial charge < -0.3 is 5.73 Å². The Morgan fingerprint density at radius 3 is 2.38 bits per heavy atom. The van der Waals surface area contributed by atoms with Gasteiger partial charge in [-0.05, 0) is 17.5 Å². The maximum Gasteiger partial charge on any atom is 0.349 e. The number of alkyl halides is 2. The molecule has 0 atom stereocenters. The second-order valence-electron chi connectivity index (χ2n) is 3.83. The summed E-state index contributed by atoms with van der Waals surface area (Å²) in [6.07, 6.45) is 0. The number of primary amides is 1. The van der Waals surface area contributed by atoms with Crippen LogP contribution >= 0.6 is 11.6 Å². The Bertz CT molecular complexity index is 418. The SMILES string of the molecule is CC(C)c1ccc(C(F)(F)C(N)=O)cc1Cl. The van der Waals surface area contributed by atoms with Crippen LogP contribution in [0.15, 0.2) is 18.2 Å². The fraction of sp³-hybridized carbons (Fsp3) is 0.364. The minimum atomic E-state index is -3.68. The molecule has 0 heterocycles. The van der Waals surface area contributed by atoms with Crippen molar-refractivity contribution in [2.75, 3.05) is 0 Å². The van der Waals surface area contributed by atoms with Crippen molar-refractivity contribution in [1.82, 2.24) is 0 Å². The zero-order valence-electron chi connectivity index (χ0n) is 8.93. The number of hydrogen-bond acceptors (Lipinski definition) is 1. The first kappa shape index (κ1) is 12.9. The van der Waals surface area contributed by atoms with Gasteiger partial charge >= 0.3 is 5.92 Å². The van der Waals surface area contributed by atoms with Gasteiger partial charge in [-0.15, -0.1) is 0 Å². The minimum Gasteiger partial charge on any atom is -0.364 e. The van der Waals surface area contributed by atoms with Crippen LogP contribution in [0.2, 0.25) is 5.02 Å². The molecule has 0 aromatic heterocycles. The van der Waals surface area contributed by atoms with Gasteiger partial charge in [-0.25, -0.2) is 0 Å². The molecule has 0 aliphatic carbocycles. The second-order valence-corrected chi connectivity index (χ2v) is 4.24. The first-order valence-corrected chi connectivity index (χ1v) is 5.12. The van der Waals surface area contributed by atoms with Crippen molar-refractivity contribution in [3.8, 4) is 0 Å². The van der Waals surface area contributed by atoms with Crippen molar-refractivity contribution in [3.05, 3.63) is 34.3 Å². The minimum absolute atomic E-state index is 0.128. The van der Waals surface area contributed by atoms with E-state index in [0.29, 0.717) is 0 Å². The van der Waals surface area contributed by atoms with E-state index in [4.69, 9.17) is 11.6 Å². The molecule has 16 heavy (non-hydrogen) atoms. The summed E-state index contributed by atoms with van der Waals surface area (Å²) in [5, 5.41) is 0.216. The van der Waals surface area contributed by atoms with E-state index in [1.54, 1.807) is 0 Å². The van der Waals surface area contributed by atoms with E-state index >= 15 is 0 Å². The average molecular weight is 248 g/mol. The van der Waals surface area contributed by atoms with E-state index < -0.39 is 17.4 Å². The number of halogens is 3. The molecule has 2 nitrogen and oxygen atoms in total. The molecule has 88 valence electrons. The number of carbonyl (C=O) groups excluding carboxylic acids is 1. The first-order chi connectivity index (χ1) is 7.26. The molecule has 0 saturated carbocycles. The maximum atomic E-state index is 13.3. The van der Waals surface area contributed by atoms with Gasteiger partial charge in [0.15, 0.2) is 0 Å². The molecule has 2 N–H and O–H groups in total. The van der Waals surface area contributed by atoms with Gasteiger partial charge in [0.1, 0.15) is 0 Å². The molecule has 5 heteroatoms. The molecule has 0 aliphatic heterocycles. The van der Waals surface area contributed by atoms with Gasteiger partial charge in [-0.3, -0.25) is 4.79 Å². The molecular formula is C11H12ClF2NO. The lowest BCUT2D eigenvalue weighted by Gasteiger charge is -2.15. The van der Waals surface area contributed by atoms with Crippen molar-refractivity contribution in [3.63, 3.8) is 0 Å². The number of benzene rings is 1. The summed E-state index contributed by atoms with van der Waals surface area (Å²) in [6.45, 7) is 3.79. The highest BCUT2D eigenvalue weighted by atomic mass is 35.5. The van der Waals surface area contributed by atoms with Crippen molar-refractivity contribution >= 4 is 17.5 Å². The predicted octanol–water partition coefficient (Wildman–Crippen LogP) is 3.04. The van der Waals surface area contributed by atoms with Crippen LogP contribution in [0.4, 0.5) is 8.78 Å². The van der Waals surface area contributed by atoms with Gasteiger partial charge in [-0.2, -0.15) is 8.78 Å². The third-order valence-electron chi connectivity index (χ3n) is 2.29. The summed E-state index contributed by atoms with van der Waals surface area (Å²) >= 11 is 5.85. The highest BCUT2D eigenvalue weighted by molar-refractivity contribution is 6.31. The van der Waals surface area contributed by atoms with Gasteiger partial charge in [0.2, 0.25) is 0 Å². The zero-order chi connectivity index (χ0) is 12.5. The van der Waals surface area contributed by atoms with Crippen LogP contribution in [0.1, 0.15) is 30.9 Å². The van der Waals surface area contributed by atoms with E-state index in [9.17, 15) is 13.6 Å². The highest BCUT2D eigenvalue weighted by Gasteiger charge is 2.39. The van der Waals surface area contributed by atoms with E-state index in [2.05, 4.69) is 5.73 Å². The molecule has 1 rings (SSSR count). The van der Waals surface area contributed by atoms with Crippen LogP contribution in [0, 0.1) is 0 Å². The molecule has 0 unspecified atom stereocenters. The summed E-state index contributed by atoms with van der Waals surface area (Å²) in [5.41, 5.74) is 4.90. The standard InChI is InChI=1S/C11H12ClF2NO/c1-6(2)8-4-3-7(5-9(8)12)11(13,14)10(15)16/h3-6H,1-2H3,(H2,15,16). The quantitative estimate of drug-likeness (QED) is 0.877. The Morgan fingerprint density at radius 2 is 2.00 bits per heavy atom. The van der Waals surface area contributed by atoms with E-state index in [1.807, 2.05) is 13.8 Å². The van der Waals surface area contributed by atoms with Crippen molar-refractivity contribution < 1.29 is 13.6 Å². The first-order valence-electron chi connectivity index (χ1n) is 4.74. The van der Waals surface area contributed by atoms with Crippen LogP contribution in [-0.4, -0.2) is 5.91 Å². The van der Waals surface area contributed by atoms with E-state index in [1.165, 1.54) is 12.1 Å². The summed E-state index contributed by atoms with van der Waals surface area (Å²) in [5.74, 6) is -5.23. The number of rotatable bonds is 3. The van der Waals surface area contributed by atoms with Gasteiger partial charge in [-0.1, -0.05) is 37.6 Å². The van der Waals surface area contributed by atoms with Crippen molar-refractivity contribution in [1.29, 1.82) is 0 Å². The highest BCUT2D eigenvalue weighted by Crippen LogP contribution is 2.32. The Morgan fingerprint density at radius 1 is 1.44 bits per heavy atom. The molecular weight excluding hydrogens is 236 g/mol. The topological polar surface area (TPSA) is 43.1 Å². The predicted molar refractivity (Wildman–Crippen MR) is 58.6 cm³/mol. The summed E-state index contributed by atoms with van der Waals surface area (Å²) in [6, 6.07) is 3.74. The zero-order valence-corrected chi connectivity index (χ0v) is 9.68. The van der Waals surface area contributed by atoms with E-state index in [-0.39, 0.29) is 10.9 Å². The van der Waals surface area contributed by atoms with Crippen LogP contribution < -0.4 is 5.73 Å². The Labute approximate surface area is 97.4 Å². The van der Waals surface area contributed by atoms with Crippen LogP contribution in [0.5, 0.6) is 0 Å². The number of nitrogens with two attached hydrogens (primary N) is 1. The molecule has 0 saturated heterocycles. The molecule has 0 radical (unpaired) electrons. The largest absolute Gasteiger partial charge is 0.364 e. The Balaban J connectivity index is 3.21. The lowest BCUT2D eigenvalue weighted by Crippen LogP contribution is -2.32. The summed E-state index contributed by atoms with van der Waals surface area (Å²) in [4.78, 5) is 10.6. The molecule has 1 aromatic rings. The number of amides is 1. The van der Waals surface area contributed by atoms with E-state index in [0.717, 1.165) is 11.6 Å². The molecule has 0 spiro atoms. The molecule has 1 aromatic carbocycles. The second kappa shape index (κ2) is 4.37. The lowest BCUT2D eigenvalue weighted by molar-refractivity contribution is -0.143. The normalized spacial score (nSPS) is 11.9. The number of carbonyl (C=O) groups is 1. The molecule has 0 aliphatic rings. The smallest absolute Gasteiger partial charge is 0.349 e. The Kier molecular flexibility index (Phi) is 3.53. The molecule has 0 bridgehead atoms. The third kappa shape index (κ3) is 2.32. The number of hydrogen-bond donors (Lipinski definition) is 1. The fourth-order valence-electron chi connectivity index (χ4n) is 1.33. The van der Waals surface area contributed by atoms with Crippen LogP contribution in [-0.2, 0) is 10.7 Å². The van der Waals surface area contributed by atoms with Crippen molar-refractivity contribution in [2.45, 2.75) is 25.7 Å². The van der Waals surface area contributed by atoms with Gasteiger partial charge in [0.25, 0.3) is 5.91 Å². The summed E-state index contributed by atoms with van der Waals surface area (Å²) in [7, 11) is 0. The maximum absolute atomic E-state index is 13.3. The monoisotopic (exact) mass is 247 g/mol. The summed E-state index contributed by atoms with van der Waals surface area (Å²) < 4.78 is 26.5. The Hall–Kier alpha value is -1.16. The lowest BCUT2D eigenvalue weighted by atomic mass is 9.99. The third-order valence-corrected chi connectivity index (χ3v) is 2.62. The molecule has 0 fully saturated rings. The van der Waals surface area contributed by atoms with Crippen LogP contribution in [0.3, 0.4) is 0 Å². The van der Waals surface area contributed by atoms with Crippen LogP contribution in [0.25, 0.3) is 0 Å². The van der Waals surface area contributed by atoms with Gasteiger partial charge in [0, 0.05) is 10.6 Å². The fourth-order valence-corrected chi connectivity index (χ4v) is 1.73. The average Bonchev–Trinajstić information content (AvgIpc) is 2.16. The van der Waals surface area contributed by atoms with Crippen molar-refractivity contribution in [2.24, 2.45) is 5.73 Å². The molecule has 1 amide bonds.